The summed E-state index contributed by atoms with van der Waals surface area (Å²) in [5.41, 5.74) is 7.51. The highest BCUT2D eigenvalue weighted by Crippen LogP contribution is 2.22. The van der Waals surface area contributed by atoms with Gasteiger partial charge in [0, 0.05) is 55.9 Å². The van der Waals surface area contributed by atoms with Crippen LogP contribution < -0.4 is 15.8 Å². The van der Waals surface area contributed by atoms with Crippen LogP contribution in [0.1, 0.15) is 0 Å². The molecule has 0 radical (unpaired) electrons. The Hall–Kier alpha value is -3.25. The molecule has 4 N–H and O–H groups in total. The number of nitrogens with one attached hydrogen (secondary N) is 2. The molecule has 3 aromatic heterocycles. The Morgan fingerprint density at radius 1 is 1.25 bits per heavy atom. The number of nitrogens with two attached hydrogens (primary N) is 1. The smallest absolute Gasteiger partial charge is 0.317 e. The lowest BCUT2D eigenvalue weighted by molar-refractivity contribution is 0.218. The maximum atomic E-state index is 12.6. The summed E-state index contributed by atoms with van der Waals surface area (Å²) in [6.45, 7) is 1.54. The zero-order valence-electron chi connectivity index (χ0n) is 14.7. The molecule has 1 fully saturated rings. The predicted molar refractivity (Wildman–Crippen MR) is 101 cm³/mol. The van der Waals surface area contributed by atoms with Gasteiger partial charge in [0.15, 0.2) is 5.65 Å². The van der Waals surface area contributed by atoms with Gasteiger partial charge >= 0.3 is 6.03 Å². The van der Waals surface area contributed by atoms with Crippen molar-refractivity contribution in [3.8, 4) is 11.1 Å². The fourth-order valence-corrected chi connectivity index (χ4v) is 3.93. The molecule has 4 rings (SSSR count). The highest BCUT2D eigenvalue weighted by atomic mass is 32.2. The van der Waals surface area contributed by atoms with Gasteiger partial charge in [0.1, 0.15) is 4.90 Å². The number of carbonyl (C=O) groups is 1. The third kappa shape index (κ3) is 3.59. The van der Waals surface area contributed by atoms with Gasteiger partial charge in [-0.05, 0) is 18.2 Å². The zero-order chi connectivity index (χ0) is 19.7. The van der Waals surface area contributed by atoms with Gasteiger partial charge in [-0.15, -0.1) is 5.10 Å². The minimum absolute atomic E-state index is 0.0362. The number of aromatic nitrogens is 4. The van der Waals surface area contributed by atoms with Crippen molar-refractivity contribution in [3.05, 3.63) is 36.8 Å². The second-order valence-corrected chi connectivity index (χ2v) is 7.98. The van der Waals surface area contributed by atoms with E-state index in [0.717, 1.165) is 5.56 Å². The molecule has 1 aliphatic heterocycles. The maximum absolute atomic E-state index is 12.6. The summed E-state index contributed by atoms with van der Waals surface area (Å²) in [5.74, 6) is 0.155. The van der Waals surface area contributed by atoms with Gasteiger partial charge < -0.3 is 16.0 Å². The molecule has 0 bridgehead atoms. The standard InChI is InChI=1S/C16H18N8O3S/c17-15-21-14-2-1-11(10-24(14)22-15)12-7-13(9-18-8-12)28(26,27)20-4-6-23-5-3-19-16(23)25/h1-2,7-10,20H,3-6H2,(H2,17,22)(H,19,25). The highest BCUT2D eigenvalue weighted by Gasteiger charge is 2.20. The number of urea groups is 1. The Morgan fingerprint density at radius 3 is 2.89 bits per heavy atom. The van der Waals surface area contributed by atoms with E-state index in [4.69, 9.17) is 5.73 Å². The van der Waals surface area contributed by atoms with Crippen molar-refractivity contribution >= 4 is 27.6 Å². The third-order valence-electron chi connectivity index (χ3n) is 4.32. The molecule has 2 amide bonds. The van der Waals surface area contributed by atoms with Crippen LogP contribution >= 0.6 is 0 Å². The largest absolute Gasteiger partial charge is 0.366 e. The lowest BCUT2D eigenvalue weighted by Gasteiger charge is -2.14. The number of pyridine rings is 2. The predicted octanol–water partition coefficient (Wildman–Crippen LogP) is -0.323. The second-order valence-electron chi connectivity index (χ2n) is 6.22. The quantitative estimate of drug-likeness (QED) is 0.512. The molecule has 0 aliphatic carbocycles. The Balaban J connectivity index is 1.52. The molecule has 12 heteroatoms. The monoisotopic (exact) mass is 402 g/mol. The van der Waals surface area contributed by atoms with Crippen LogP contribution in [0.4, 0.5) is 10.7 Å². The molecule has 11 nitrogen and oxygen atoms in total. The number of nitrogen functional groups attached to an aromatic ring is 1. The molecule has 0 saturated carbocycles. The minimum Gasteiger partial charge on any atom is -0.366 e. The van der Waals surface area contributed by atoms with E-state index in [2.05, 4.69) is 25.1 Å². The molecule has 0 unspecified atom stereocenters. The first-order valence-electron chi connectivity index (χ1n) is 8.52. The number of amides is 2. The molecule has 0 atom stereocenters. The fourth-order valence-electron chi connectivity index (χ4n) is 2.92. The number of rotatable bonds is 6. The number of nitrogens with zero attached hydrogens (tertiary/aromatic N) is 5. The van der Waals surface area contributed by atoms with Crippen molar-refractivity contribution in [1.82, 2.24) is 34.5 Å². The van der Waals surface area contributed by atoms with Gasteiger partial charge in [-0.2, -0.15) is 4.98 Å². The molecule has 4 heterocycles. The van der Waals surface area contributed by atoms with Crippen molar-refractivity contribution in [2.45, 2.75) is 4.90 Å². The normalized spacial score (nSPS) is 14.6. The molecule has 0 spiro atoms. The number of sulfonamides is 1. The average molecular weight is 402 g/mol. The van der Waals surface area contributed by atoms with Gasteiger partial charge in [0.05, 0.1) is 0 Å². The number of hydrogen-bond donors (Lipinski definition) is 3. The number of fused-ring (bicyclic) bond motifs is 1. The molecule has 1 saturated heterocycles. The van der Waals surface area contributed by atoms with Crippen molar-refractivity contribution in [3.63, 3.8) is 0 Å². The lowest BCUT2D eigenvalue weighted by Crippen LogP contribution is -2.36. The van der Waals surface area contributed by atoms with Crippen LogP contribution in [0.15, 0.2) is 41.7 Å². The summed E-state index contributed by atoms with van der Waals surface area (Å²) in [6.07, 6.45) is 4.54. The maximum Gasteiger partial charge on any atom is 0.317 e. The van der Waals surface area contributed by atoms with E-state index >= 15 is 0 Å². The molecular weight excluding hydrogens is 384 g/mol. The van der Waals surface area contributed by atoms with Crippen LogP contribution in [0, 0.1) is 0 Å². The first-order valence-corrected chi connectivity index (χ1v) is 10.0. The minimum atomic E-state index is -3.76. The number of hydrogen-bond acceptors (Lipinski definition) is 7. The van der Waals surface area contributed by atoms with Gasteiger partial charge in [-0.3, -0.25) is 4.98 Å². The van der Waals surface area contributed by atoms with Gasteiger partial charge in [0.2, 0.25) is 16.0 Å². The summed E-state index contributed by atoms with van der Waals surface area (Å²) in [4.78, 5) is 21.2. The summed E-state index contributed by atoms with van der Waals surface area (Å²) in [7, 11) is -3.76. The third-order valence-corrected chi connectivity index (χ3v) is 5.75. The lowest BCUT2D eigenvalue weighted by atomic mass is 10.1. The van der Waals surface area contributed by atoms with Crippen LogP contribution in [0.25, 0.3) is 16.8 Å². The van der Waals surface area contributed by atoms with E-state index < -0.39 is 10.0 Å². The molecule has 146 valence electrons. The Bertz CT molecular complexity index is 1140. The van der Waals surface area contributed by atoms with E-state index in [1.807, 2.05) is 0 Å². The van der Waals surface area contributed by atoms with Gasteiger partial charge in [-0.1, -0.05) is 0 Å². The van der Waals surface area contributed by atoms with Crippen molar-refractivity contribution in [1.29, 1.82) is 0 Å². The SMILES string of the molecule is Nc1nc2ccc(-c3cncc(S(=O)(=O)NCCN4CCNC4=O)c3)cn2n1. The summed E-state index contributed by atoms with van der Waals surface area (Å²) in [5, 5.41) is 6.72. The molecular formula is C16H18N8O3S. The molecule has 3 aromatic rings. The Morgan fingerprint density at radius 2 is 2.11 bits per heavy atom. The van der Waals surface area contributed by atoms with E-state index in [1.54, 1.807) is 29.4 Å². The Kier molecular flexibility index (Phi) is 4.57. The van der Waals surface area contributed by atoms with Crippen LogP contribution in [-0.2, 0) is 10.0 Å². The first-order chi connectivity index (χ1) is 13.4. The van der Waals surface area contributed by atoms with E-state index in [-0.39, 0.29) is 23.4 Å². The topological polar surface area (TPSA) is 148 Å². The highest BCUT2D eigenvalue weighted by molar-refractivity contribution is 7.89. The zero-order valence-corrected chi connectivity index (χ0v) is 15.6. The van der Waals surface area contributed by atoms with Crippen LogP contribution in [0.3, 0.4) is 0 Å². The second kappa shape index (κ2) is 7.05. The van der Waals surface area contributed by atoms with Gasteiger partial charge in [0.25, 0.3) is 0 Å². The average Bonchev–Trinajstić information content (AvgIpc) is 3.25. The Labute approximate surface area is 160 Å². The van der Waals surface area contributed by atoms with Crippen LogP contribution in [-0.4, -0.2) is 65.1 Å². The first kappa shape index (κ1) is 18.1. The van der Waals surface area contributed by atoms with Gasteiger partial charge in [-0.25, -0.2) is 22.4 Å². The number of carbonyl (C=O) groups excluding carboxylic acids is 1. The van der Waals surface area contributed by atoms with Crippen molar-refractivity contribution in [2.24, 2.45) is 0 Å². The number of anilines is 1. The summed E-state index contributed by atoms with van der Waals surface area (Å²) in [6, 6.07) is 4.86. The van der Waals surface area contributed by atoms with E-state index in [0.29, 0.717) is 30.8 Å². The van der Waals surface area contributed by atoms with Crippen molar-refractivity contribution < 1.29 is 13.2 Å². The van der Waals surface area contributed by atoms with E-state index in [1.165, 1.54) is 16.8 Å². The van der Waals surface area contributed by atoms with Crippen molar-refractivity contribution in [2.75, 3.05) is 31.9 Å². The summed E-state index contributed by atoms with van der Waals surface area (Å²) >= 11 is 0. The molecule has 28 heavy (non-hydrogen) atoms. The van der Waals surface area contributed by atoms with Crippen LogP contribution in [0.2, 0.25) is 0 Å². The fraction of sp³-hybridized carbons (Fsp3) is 0.250. The summed E-state index contributed by atoms with van der Waals surface area (Å²) < 4.78 is 29.2. The van der Waals surface area contributed by atoms with Crippen LogP contribution in [0.5, 0.6) is 0 Å². The molecule has 1 aliphatic rings. The molecule has 0 aromatic carbocycles. The van der Waals surface area contributed by atoms with E-state index in [9.17, 15) is 13.2 Å².